The van der Waals surface area contributed by atoms with Crippen molar-refractivity contribution in [1.82, 2.24) is 0 Å². The van der Waals surface area contributed by atoms with Gasteiger partial charge in [0.15, 0.2) is 11.6 Å². The number of hydrogen-bond acceptors (Lipinski definition) is 5. The molecule has 3 N–H and O–H groups in total. The van der Waals surface area contributed by atoms with E-state index in [2.05, 4.69) is 0 Å². The highest BCUT2D eigenvalue weighted by molar-refractivity contribution is 5.92. The lowest BCUT2D eigenvalue weighted by molar-refractivity contribution is -0.222. The van der Waals surface area contributed by atoms with Crippen LogP contribution in [0.4, 0.5) is 4.39 Å². The number of hydrogen-bond donors (Lipinski definition) is 3. The Morgan fingerprint density at radius 2 is 1.93 bits per heavy atom. The highest BCUT2D eigenvalue weighted by Gasteiger charge is 2.75. The lowest BCUT2D eigenvalue weighted by Crippen LogP contribution is -2.67. The van der Waals surface area contributed by atoms with Gasteiger partial charge in [0, 0.05) is 11.8 Å². The number of fused-ring (bicyclic) bond motifs is 5. The SMILES string of the molecule is C[C@H]1C[C@@]2(O)[C@@H]3C[C@H](F)C4=CC(=O)CC[C@]4(C)[C@H]3CC[C@]2(C)[C@]1(O)C(=O)CO. The molecule has 4 rings (SSSR count). The van der Waals surface area contributed by atoms with Crippen molar-refractivity contribution in [3.05, 3.63) is 11.6 Å². The minimum absolute atomic E-state index is 0.00398. The molecule has 0 spiro atoms. The number of halogens is 1. The number of allylic oxidation sites excluding steroid dienone is 1. The van der Waals surface area contributed by atoms with Crippen LogP contribution in [0.5, 0.6) is 0 Å². The molecule has 4 aliphatic carbocycles. The first-order valence-electron chi connectivity index (χ1n) is 10.4. The van der Waals surface area contributed by atoms with Crippen LogP contribution in [0.2, 0.25) is 0 Å². The van der Waals surface area contributed by atoms with Crippen molar-refractivity contribution in [3.8, 4) is 0 Å². The number of carbonyl (C=O) groups excluding carboxylic acids is 2. The highest BCUT2D eigenvalue weighted by Crippen LogP contribution is 2.70. The minimum Gasteiger partial charge on any atom is -0.389 e. The van der Waals surface area contributed by atoms with Gasteiger partial charge in [-0.2, -0.15) is 0 Å². The number of ketones is 2. The summed E-state index contributed by atoms with van der Waals surface area (Å²) < 4.78 is 15.3. The highest BCUT2D eigenvalue weighted by atomic mass is 19.1. The summed E-state index contributed by atoms with van der Waals surface area (Å²) in [4.78, 5) is 24.5. The molecule has 28 heavy (non-hydrogen) atoms. The molecular weight excluding hydrogens is 363 g/mol. The largest absolute Gasteiger partial charge is 0.389 e. The number of aliphatic hydroxyl groups excluding tert-OH is 1. The van der Waals surface area contributed by atoms with Crippen molar-refractivity contribution in [3.63, 3.8) is 0 Å². The van der Waals surface area contributed by atoms with Crippen LogP contribution in [0.15, 0.2) is 11.6 Å². The molecule has 0 aromatic heterocycles. The van der Waals surface area contributed by atoms with E-state index < -0.39 is 52.4 Å². The Balaban J connectivity index is 1.81. The quantitative estimate of drug-likeness (QED) is 0.667. The molecule has 0 aromatic rings. The van der Waals surface area contributed by atoms with E-state index in [9.17, 15) is 24.9 Å². The molecule has 0 saturated heterocycles. The van der Waals surface area contributed by atoms with E-state index in [0.29, 0.717) is 31.3 Å². The lowest BCUT2D eigenvalue weighted by atomic mass is 9.44. The fourth-order valence-electron chi connectivity index (χ4n) is 7.62. The van der Waals surface area contributed by atoms with Gasteiger partial charge in [-0.25, -0.2) is 4.39 Å². The van der Waals surface area contributed by atoms with Crippen LogP contribution in [-0.2, 0) is 9.59 Å². The van der Waals surface area contributed by atoms with E-state index in [4.69, 9.17) is 0 Å². The van der Waals surface area contributed by atoms with E-state index in [1.165, 1.54) is 6.08 Å². The topological polar surface area (TPSA) is 94.8 Å². The van der Waals surface area contributed by atoms with Crippen LogP contribution >= 0.6 is 0 Å². The zero-order valence-corrected chi connectivity index (χ0v) is 16.9. The van der Waals surface area contributed by atoms with Crippen molar-refractivity contribution >= 4 is 11.6 Å². The summed E-state index contributed by atoms with van der Waals surface area (Å²) in [5, 5.41) is 32.8. The number of Topliss-reactive ketones (excluding diaryl/α,β-unsaturated/α-hetero) is 1. The summed E-state index contributed by atoms with van der Waals surface area (Å²) in [6.07, 6.45) is 2.49. The molecule has 4 aliphatic rings. The maximum Gasteiger partial charge on any atom is 0.190 e. The Morgan fingerprint density at radius 3 is 2.57 bits per heavy atom. The molecule has 0 radical (unpaired) electrons. The molecule has 0 aliphatic heterocycles. The molecule has 3 saturated carbocycles. The normalized spacial score (nSPS) is 53.1. The van der Waals surface area contributed by atoms with Crippen molar-refractivity contribution in [2.75, 3.05) is 6.61 Å². The van der Waals surface area contributed by atoms with Gasteiger partial charge in [0.05, 0.1) is 5.60 Å². The van der Waals surface area contributed by atoms with E-state index in [1.54, 1.807) is 13.8 Å². The summed E-state index contributed by atoms with van der Waals surface area (Å²) in [5.41, 5.74) is -4.28. The molecule has 0 unspecified atom stereocenters. The molecule has 0 amide bonds. The molecule has 0 heterocycles. The number of aliphatic hydroxyl groups is 3. The monoisotopic (exact) mass is 394 g/mol. The van der Waals surface area contributed by atoms with Crippen molar-refractivity contribution in [2.24, 2.45) is 28.6 Å². The molecular formula is C22H31FO5. The molecule has 156 valence electrons. The standard InChI is InChI=1S/C22H31FO5/c1-12-10-21(27)15-9-17(23)16-8-13(25)4-6-19(16,2)14(15)5-7-20(21,3)22(12,28)18(26)11-24/h8,12,14-15,17,24,27-28H,4-7,9-11H2,1-3H3/t12-,14-,15+,17-,19+,20-,21+,22+/m0/s1. The fourth-order valence-corrected chi connectivity index (χ4v) is 7.62. The smallest absolute Gasteiger partial charge is 0.190 e. The van der Waals surface area contributed by atoms with E-state index >= 15 is 4.39 Å². The Hall–Kier alpha value is -1.11. The average Bonchev–Trinajstić information content (AvgIpc) is 2.81. The zero-order valence-electron chi connectivity index (χ0n) is 16.9. The van der Waals surface area contributed by atoms with E-state index in [1.807, 2.05) is 6.92 Å². The Kier molecular flexibility index (Phi) is 4.29. The molecule has 5 nitrogen and oxygen atoms in total. The van der Waals surface area contributed by atoms with Gasteiger partial charge in [0.2, 0.25) is 0 Å². The van der Waals surface area contributed by atoms with Crippen molar-refractivity contribution < 1.29 is 29.3 Å². The summed E-state index contributed by atoms with van der Waals surface area (Å²) in [6.45, 7) is 4.68. The average molecular weight is 394 g/mol. The van der Waals surface area contributed by atoms with Gasteiger partial charge < -0.3 is 15.3 Å². The van der Waals surface area contributed by atoms with Crippen LogP contribution in [0.1, 0.15) is 59.3 Å². The zero-order chi connectivity index (χ0) is 20.7. The molecule has 6 heteroatoms. The second-order valence-corrected chi connectivity index (χ2v) is 10.1. The lowest BCUT2D eigenvalue weighted by Gasteiger charge is -2.62. The van der Waals surface area contributed by atoms with Crippen LogP contribution < -0.4 is 0 Å². The van der Waals surface area contributed by atoms with Crippen molar-refractivity contribution in [1.29, 1.82) is 0 Å². The maximum absolute atomic E-state index is 15.3. The minimum atomic E-state index is -1.83. The predicted octanol–water partition coefficient (Wildman–Crippen LogP) is 2.12. The van der Waals surface area contributed by atoms with Crippen molar-refractivity contribution in [2.45, 2.75) is 76.7 Å². The first kappa shape index (κ1) is 20.2. The summed E-state index contributed by atoms with van der Waals surface area (Å²) >= 11 is 0. The van der Waals surface area contributed by atoms with Crippen LogP contribution in [0.3, 0.4) is 0 Å². The fraction of sp³-hybridized carbons (Fsp3) is 0.818. The van der Waals surface area contributed by atoms with Gasteiger partial charge in [0.1, 0.15) is 18.4 Å². The number of rotatable bonds is 2. The third-order valence-electron chi connectivity index (χ3n) is 9.23. The Morgan fingerprint density at radius 1 is 1.25 bits per heavy atom. The van der Waals surface area contributed by atoms with E-state index in [0.717, 1.165) is 0 Å². The first-order chi connectivity index (χ1) is 13.0. The van der Waals surface area contributed by atoms with Gasteiger partial charge >= 0.3 is 0 Å². The summed E-state index contributed by atoms with van der Waals surface area (Å²) in [5.74, 6) is -1.64. The number of alkyl halides is 1. The second kappa shape index (κ2) is 5.96. The molecule has 3 fully saturated rings. The van der Waals surface area contributed by atoms with Crippen LogP contribution in [-0.4, -0.2) is 50.9 Å². The summed E-state index contributed by atoms with van der Waals surface area (Å²) in [6, 6.07) is 0. The molecule has 8 atom stereocenters. The van der Waals surface area contributed by atoms with Crippen LogP contribution in [0.25, 0.3) is 0 Å². The summed E-state index contributed by atoms with van der Waals surface area (Å²) in [7, 11) is 0. The third kappa shape index (κ3) is 2.12. The Bertz CT molecular complexity index is 764. The van der Waals surface area contributed by atoms with E-state index in [-0.39, 0.29) is 24.5 Å². The Labute approximate surface area is 165 Å². The van der Waals surface area contributed by atoms with Gasteiger partial charge in [0.25, 0.3) is 0 Å². The van der Waals surface area contributed by atoms with Gasteiger partial charge in [-0.05, 0) is 66.9 Å². The maximum atomic E-state index is 15.3. The first-order valence-corrected chi connectivity index (χ1v) is 10.4. The van der Waals surface area contributed by atoms with Gasteiger partial charge in [-0.15, -0.1) is 0 Å². The third-order valence-corrected chi connectivity index (χ3v) is 9.23. The van der Waals surface area contributed by atoms with Gasteiger partial charge in [-0.1, -0.05) is 20.8 Å². The number of carbonyl (C=O) groups is 2. The molecule has 0 aromatic carbocycles. The second-order valence-electron chi connectivity index (χ2n) is 10.1. The predicted molar refractivity (Wildman–Crippen MR) is 100 cm³/mol. The van der Waals surface area contributed by atoms with Gasteiger partial charge in [-0.3, -0.25) is 9.59 Å². The molecule has 0 bridgehead atoms. The van der Waals surface area contributed by atoms with Crippen LogP contribution in [0, 0.1) is 28.6 Å².